The Morgan fingerprint density at radius 2 is 1.90 bits per heavy atom. The van der Waals surface area contributed by atoms with Gasteiger partial charge < -0.3 is 20.9 Å². The molecule has 0 aromatic carbocycles. The third-order valence-corrected chi connectivity index (χ3v) is 6.71. The lowest BCUT2D eigenvalue weighted by atomic mass is 9.67. The zero-order chi connectivity index (χ0) is 21.3. The number of aromatic amines is 1. The van der Waals surface area contributed by atoms with Crippen molar-refractivity contribution in [3.05, 3.63) is 44.8 Å². The molecule has 0 bridgehead atoms. The van der Waals surface area contributed by atoms with Crippen LogP contribution in [0.15, 0.2) is 33.7 Å². The topological polar surface area (TPSA) is 120 Å². The lowest BCUT2D eigenvalue weighted by molar-refractivity contribution is -0.149. The van der Waals surface area contributed by atoms with Crippen LogP contribution in [0.2, 0.25) is 0 Å². The summed E-state index contributed by atoms with van der Waals surface area (Å²) in [6, 6.07) is 1.57. The molecule has 0 radical (unpaired) electrons. The quantitative estimate of drug-likeness (QED) is 0.350. The van der Waals surface area contributed by atoms with E-state index in [2.05, 4.69) is 36.9 Å². The van der Waals surface area contributed by atoms with E-state index in [0.717, 1.165) is 19.3 Å². The molecule has 1 aromatic heterocycles. The number of carbonyl (C=O) groups is 3. The summed E-state index contributed by atoms with van der Waals surface area (Å²) in [4.78, 5) is 51.6. The molecule has 0 saturated heterocycles. The monoisotopic (exact) mass is 476 g/mol. The van der Waals surface area contributed by atoms with Gasteiger partial charge in [-0.05, 0) is 60.0 Å². The minimum Gasteiger partial charge on any atom is -0.355 e. The average Bonchev–Trinajstić information content (AvgIpc) is 3.37. The van der Waals surface area contributed by atoms with Crippen molar-refractivity contribution >= 4 is 33.7 Å². The van der Waals surface area contributed by atoms with Gasteiger partial charge in [0.25, 0.3) is 11.5 Å². The smallest absolute Gasteiger partial charge is 0.262 e. The van der Waals surface area contributed by atoms with Gasteiger partial charge in [-0.15, -0.1) is 0 Å². The Kier molecular flexibility index (Phi) is 5.81. The predicted molar refractivity (Wildman–Crippen MR) is 114 cm³/mol. The molecule has 2 atom stereocenters. The van der Waals surface area contributed by atoms with Gasteiger partial charge in [0, 0.05) is 24.8 Å². The first-order chi connectivity index (χ1) is 14.4. The summed E-state index contributed by atoms with van der Waals surface area (Å²) in [6.45, 7) is 0.435. The molecule has 8 nitrogen and oxygen atoms in total. The van der Waals surface area contributed by atoms with E-state index >= 15 is 0 Å². The number of hydrogen-bond acceptors (Lipinski definition) is 4. The minimum atomic E-state index is -0.907. The molecular weight excluding hydrogens is 452 g/mol. The molecule has 4 rings (SSSR count). The number of rotatable bonds is 7. The summed E-state index contributed by atoms with van der Waals surface area (Å²) in [7, 11) is 0. The Morgan fingerprint density at radius 3 is 2.53 bits per heavy atom. The Bertz CT molecular complexity index is 949. The van der Waals surface area contributed by atoms with Gasteiger partial charge in [-0.1, -0.05) is 18.6 Å². The minimum absolute atomic E-state index is 0.0881. The molecule has 2 fully saturated rings. The lowest BCUT2D eigenvalue weighted by Crippen LogP contribution is -2.56. The van der Waals surface area contributed by atoms with Gasteiger partial charge in [0.2, 0.25) is 11.8 Å². The van der Waals surface area contributed by atoms with E-state index in [-0.39, 0.29) is 41.3 Å². The molecule has 160 valence electrons. The number of nitrogens with one attached hydrogen (secondary N) is 4. The highest BCUT2D eigenvalue weighted by molar-refractivity contribution is 9.10. The van der Waals surface area contributed by atoms with E-state index in [0.29, 0.717) is 35.8 Å². The maximum Gasteiger partial charge on any atom is 0.262 e. The normalized spacial score (nSPS) is 24.0. The summed E-state index contributed by atoms with van der Waals surface area (Å²) >= 11 is 3.12. The third-order valence-electron chi connectivity index (χ3n) is 6.12. The molecule has 0 aliphatic heterocycles. The first-order valence-corrected chi connectivity index (χ1v) is 11.1. The zero-order valence-electron chi connectivity index (χ0n) is 16.5. The van der Waals surface area contributed by atoms with Crippen molar-refractivity contribution in [2.24, 2.45) is 11.3 Å². The average molecular weight is 477 g/mol. The van der Waals surface area contributed by atoms with Crippen LogP contribution in [0.25, 0.3) is 0 Å². The van der Waals surface area contributed by atoms with Gasteiger partial charge in [-0.25, -0.2) is 0 Å². The Balaban J connectivity index is 1.26. The Morgan fingerprint density at radius 1 is 1.13 bits per heavy atom. The highest BCUT2D eigenvalue weighted by Crippen LogP contribution is 2.42. The standard InChI is InChI=1S/C21H25BrN4O4/c22-16-9-13(11-23-18(16)28)17(27)25-15-3-2-12(8-15)10-24-19(29)21(6-1-7-21)20(30)26-14-4-5-14/h2-3,9,11-12,14-15H,1,4-8,10H2,(H,23,28)(H,24,29)(H,25,27)(H,26,30)/t12-,15+/m0/s1. The number of H-pyrrole nitrogens is 1. The highest BCUT2D eigenvalue weighted by Gasteiger charge is 2.51. The molecule has 0 unspecified atom stereocenters. The zero-order valence-corrected chi connectivity index (χ0v) is 18.1. The van der Waals surface area contributed by atoms with Crippen LogP contribution < -0.4 is 21.5 Å². The van der Waals surface area contributed by atoms with Crippen molar-refractivity contribution in [2.75, 3.05) is 6.54 Å². The predicted octanol–water partition coefficient (Wildman–Crippen LogP) is 1.38. The summed E-state index contributed by atoms with van der Waals surface area (Å²) in [5.74, 6) is -0.513. The number of amides is 3. The van der Waals surface area contributed by atoms with Gasteiger partial charge in [0.15, 0.2) is 0 Å². The fourth-order valence-electron chi connectivity index (χ4n) is 3.90. The molecule has 4 N–H and O–H groups in total. The molecule has 1 heterocycles. The van der Waals surface area contributed by atoms with Crippen molar-refractivity contribution in [1.29, 1.82) is 0 Å². The van der Waals surface area contributed by atoms with E-state index in [1.54, 1.807) is 0 Å². The van der Waals surface area contributed by atoms with Crippen LogP contribution in [-0.2, 0) is 9.59 Å². The number of pyridine rings is 1. The molecule has 9 heteroatoms. The number of halogens is 1. The first kappa shape index (κ1) is 20.8. The molecule has 1 aromatic rings. The van der Waals surface area contributed by atoms with E-state index in [9.17, 15) is 19.2 Å². The summed E-state index contributed by atoms with van der Waals surface area (Å²) in [5.41, 5.74) is -0.839. The van der Waals surface area contributed by atoms with Crippen molar-refractivity contribution in [3.63, 3.8) is 0 Å². The number of carbonyl (C=O) groups excluding carboxylic acids is 3. The summed E-state index contributed by atoms with van der Waals surface area (Å²) in [5, 5.41) is 8.84. The second kappa shape index (κ2) is 8.37. The van der Waals surface area contributed by atoms with Crippen molar-refractivity contribution < 1.29 is 14.4 Å². The van der Waals surface area contributed by atoms with Crippen molar-refractivity contribution in [3.8, 4) is 0 Å². The van der Waals surface area contributed by atoms with Crippen LogP contribution in [0.1, 0.15) is 48.9 Å². The first-order valence-electron chi connectivity index (χ1n) is 10.3. The van der Waals surface area contributed by atoms with Gasteiger partial charge in [-0.2, -0.15) is 0 Å². The van der Waals surface area contributed by atoms with Crippen LogP contribution in [-0.4, -0.2) is 41.3 Å². The molecule has 2 saturated carbocycles. The van der Waals surface area contributed by atoms with Gasteiger partial charge in [-0.3, -0.25) is 19.2 Å². The van der Waals surface area contributed by atoms with Crippen LogP contribution in [0.5, 0.6) is 0 Å². The highest BCUT2D eigenvalue weighted by atomic mass is 79.9. The van der Waals surface area contributed by atoms with Crippen molar-refractivity contribution in [2.45, 2.75) is 50.6 Å². The van der Waals surface area contributed by atoms with Crippen molar-refractivity contribution in [1.82, 2.24) is 20.9 Å². The SMILES string of the molecule is O=C(N[C@@H]1C=C[C@H](CNC(=O)C2(C(=O)NC3CC3)CCC2)C1)c1c[nH]c(=O)c(Br)c1. The van der Waals surface area contributed by atoms with E-state index in [1.807, 2.05) is 12.2 Å². The Labute approximate surface area is 182 Å². The molecule has 3 aliphatic carbocycles. The Hall–Kier alpha value is -2.42. The summed E-state index contributed by atoms with van der Waals surface area (Å²) in [6.07, 6.45) is 10.0. The largest absolute Gasteiger partial charge is 0.355 e. The maximum absolute atomic E-state index is 12.8. The second-order valence-electron chi connectivity index (χ2n) is 8.42. The molecule has 3 aliphatic rings. The fourth-order valence-corrected chi connectivity index (χ4v) is 4.26. The van der Waals surface area contributed by atoms with E-state index < -0.39 is 5.41 Å². The van der Waals surface area contributed by atoms with Crippen LogP contribution in [0.4, 0.5) is 0 Å². The molecule has 3 amide bonds. The molecule has 0 spiro atoms. The lowest BCUT2D eigenvalue weighted by Gasteiger charge is -2.38. The van der Waals surface area contributed by atoms with E-state index in [4.69, 9.17) is 0 Å². The van der Waals surface area contributed by atoms with Crippen LogP contribution in [0, 0.1) is 11.3 Å². The molecular formula is C21H25BrN4O4. The van der Waals surface area contributed by atoms with E-state index in [1.165, 1.54) is 12.3 Å². The second-order valence-corrected chi connectivity index (χ2v) is 9.27. The van der Waals surface area contributed by atoms with Crippen LogP contribution >= 0.6 is 15.9 Å². The molecule has 30 heavy (non-hydrogen) atoms. The maximum atomic E-state index is 12.8. The van der Waals surface area contributed by atoms with Gasteiger partial charge in [0.05, 0.1) is 10.0 Å². The van der Waals surface area contributed by atoms with Gasteiger partial charge >= 0.3 is 0 Å². The van der Waals surface area contributed by atoms with Gasteiger partial charge in [0.1, 0.15) is 5.41 Å². The summed E-state index contributed by atoms with van der Waals surface area (Å²) < 4.78 is 0.299. The number of hydrogen-bond donors (Lipinski definition) is 4. The third kappa shape index (κ3) is 4.35. The fraction of sp³-hybridized carbons (Fsp3) is 0.524. The number of aromatic nitrogens is 1. The van der Waals surface area contributed by atoms with Crippen LogP contribution in [0.3, 0.4) is 0 Å².